The lowest BCUT2D eigenvalue weighted by Crippen LogP contribution is -2.52. The van der Waals surface area contributed by atoms with Crippen LogP contribution in [0.1, 0.15) is 53.5 Å². The maximum absolute atomic E-state index is 12.7. The van der Waals surface area contributed by atoms with Crippen molar-refractivity contribution in [1.29, 1.82) is 0 Å². The molecule has 0 heterocycles. The Bertz CT molecular complexity index is 852. The van der Waals surface area contributed by atoms with Crippen LogP contribution >= 0.6 is 0 Å². The number of benzene rings is 1. The van der Waals surface area contributed by atoms with Crippen LogP contribution < -0.4 is 21.3 Å². The molecule has 0 aliphatic rings. The zero-order chi connectivity index (χ0) is 26.6. The first-order valence-electron chi connectivity index (χ1n) is 11.8. The molecule has 1 aromatic carbocycles. The molecule has 0 saturated carbocycles. The molecule has 10 heteroatoms. The average Bonchev–Trinajstić information content (AvgIpc) is 2.78. The molecule has 1 unspecified atom stereocenters. The highest BCUT2D eigenvalue weighted by atomic mass is 16.5. The molecule has 0 saturated heterocycles. The van der Waals surface area contributed by atoms with Crippen molar-refractivity contribution < 1.29 is 28.7 Å². The molecule has 0 radical (unpaired) electrons. The number of rotatable bonds is 13. The van der Waals surface area contributed by atoms with Crippen molar-refractivity contribution in [3.63, 3.8) is 0 Å². The Morgan fingerprint density at radius 1 is 0.971 bits per heavy atom. The van der Waals surface area contributed by atoms with Crippen LogP contribution in [0.15, 0.2) is 24.3 Å². The van der Waals surface area contributed by atoms with Crippen molar-refractivity contribution in [1.82, 2.24) is 16.0 Å². The molecule has 0 bridgehead atoms. The largest absolute Gasteiger partial charge is 0.445 e. The van der Waals surface area contributed by atoms with Gasteiger partial charge in [0.15, 0.2) is 0 Å². The quantitative estimate of drug-likeness (QED) is 0.334. The maximum Gasteiger partial charge on any atom is 0.407 e. The Labute approximate surface area is 207 Å². The minimum atomic E-state index is -0.782. The first kappa shape index (κ1) is 29.9. The normalized spacial score (nSPS) is 12.1. The summed E-state index contributed by atoms with van der Waals surface area (Å²) in [5, 5.41) is 10.4. The average molecular weight is 493 g/mol. The molecular formula is C25H40N4O6. The van der Waals surface area contributed by atoms with E-state index in [2.05, 4.69) is 21.3 Å². The SMILES string of the molecule is CNC(=O)OCc1ccc(NC(=O)CNC(=O)C(NC(=O)CC(C)(C)OCC(C)C)C(C)C)cc1. The maximum atomic E-state index is 12.7. The molecule has 1 atom stereocenters. The van der Waals surface area contributed by atoms with Gasteiger partial charge >= 0.3 is 6.09 Å². The highest BCUT2D eigenvalue weighted by Gasteiger charge is 2.28. The van der Waals surface area contributed by atoms with Crippen LogP contribution in [-0.4, -0.2) is 55.7 Å². The Hall–Kier alpha value is -3.14. The van der Waals surface area contributed by atoms with Gasteiger partial charge in [-0.15, -0.1) is 0 Å². The Balaban J connectivity index is 2.55. The molecule has 10 nitrogen and oxygen atoms in total. The van der Waals surface area contributed by atoms with Gasteiger partial charge in [0.1, 0.15) is 12.6 Å². The lowest BCUT2D eigenvalue weighted by molar-refractivity contribution is -0.134. The number of ether oxygens (including phenoxy) is 2. The van der Waals surface area contributed by atoms with Crippen molar-refractivity contribution in [2.75, 3.05) is 25.5 Å². The van der Waals surface area contributed by atoms with Gasteiger partial charge in [-0.1, -0.05) is 39.8 Å². The van der Waals surface area contributed by atoms with Gasteiger partial charge in [-0.25, -0.2) is 4.79 Å². The summed E-state index contributed by atoms with van der Waals surface area (Å²) in [6.45, 7) is 11.8. The number of hydrogen-bond donors (Lipinski definition) is 4. The molecule has 0 aliphatic heterocycles. The van der Waals surface area contributed by atoms with Crippen LogP contribution in [0.4, 0.5) is 10.5 Å². The van der Waals surface area contributed by atoms with Gasteiger partial charge < -0.3 is 30.7 Å². The number of hydrogen-bond acceptors (Lipinski definition) is 6. The summed E-state index contributed by atoms with van der Waals surface area (Å²) in [6, 6.07) is 5.99. The molecule has 196 valence electrons. The molecule has 0 aliphatic carbocycles. The molecule has 0 aromatic heterocycles. The van der Waals surface area contributed by atoms with Gasteiger partial charge in [-0.2, -0.15) is 0 Å². The van der Waals surface area contributed by atoms with Gasteiger partial charge in [0.05, 0.1) is 18.6 Å². The summed E-state index contributed by atoms with van der Waals surface area (Å²) in [5.74, 6) is -0.974. The van der Waals surface area contributed by atoms with E-state index in [1.54, 1.807) is 24.3 Å². The van der Waals surface area contributed by atoms with Crippen LogP contribution in [-0.2, 0) is 30.5 Å². The van der Waals surface area contributed by atoms with Gasteiger partial charge in [-0.3, -0.25) is 14.4 Å². The van der Waals surface area contributed by atoms with Crippen molar-refractivity contribution in [2.24, 2.45) is 11.8 Å². The van der Waals surface area contributed by atoms with Gasteiger partial charge in [0.25, 0.3) is 0 Å². The van der Waals surface area contributed by atoms with Crippen molar-refractivity contribution in [3.8, 4) is 0 Å². The van der Waals surface area contributed by atoms with Gasteiger partial charge in [-0.05, 0) is 43.4 Å². The van der Waals surface area contributed by atoms with E-state index in [4.69, 9.17) is 9.47 Å². The number of carbonyl (C=O) groups excluding carboxylic acids is 4. The summed E-state index contributed by atoms with van der Waals surface area (Å²) in [6.07, 6.45) is -0.418. The van der Waals surface area contributed by atoms with E-state index >= 15 is 0 Å². The molecule has 1 rings (SSSR count). The molecule has 0 spiro atoms. The van der Waals surface area contributed by atoms with Crippen LogP contribution in [0.5, 0.6) is 0 Å². The number of amides is 4. The Morgan fingerprint density at radius 2 is 1.60 bits per heavy atom. The lowest BCUT2D eigenvalue weighted by atomic mass is 10.0. The first-order valence-corrected chi connectivity index (χ1v) is 11.8. The van der Waals surface area contributed by atoms with E-state index in [0.717, 1.165) is 5.56 Å². The number of nitrogens with one attached hydrogen (secondary N) is 4. The highest BCUT2D eigenvalue weighted by molar-refractivity contribution is 5.96. The number of carbonyl (C=O) groups is 4. The monoisotopic (exact) mass is 492 g/mol. The minimum Gasteiger partial charge on any atom is -0.445 e. The third kappa shape index (κ3) is 12.2. The molecule has 4 amide bonds. The van der Waals surface area contributed by atoms with E-state index in [9.17, 15) is 19.2 Å². The number of anilines is 1. The second kappa shape index (κ2) is 14.3. The fourth-order valence-electron chi connectivity index (χ4n) is 2.98. The fraction of sp³-hybridized carbons (Fsp3) is 0.600. The standard InChI is InChI=1S/C25H40N4O6/c1-16(2)14-35-25(5,6)12-20(30)29-22(17(3)4)23(32)27-13-21(31)28-19-10-8-18(9-11-19)15-34-24(33)26-7/h8-11,16-17,22H,12-15H2,1-7H3,(H,26,33)(H,27,32)(H,28,31)(H,29,30). The predicted molar refractivity (Wildman–Crippen MR) is 134 cm³/mol. The summed E-state index contributed by atoms with van der Waals surface area (Å²) in [7, 11) is 1.47. The van der Waals surface area contributed by atoms with Crippen LogP contribution in [0.2, 0.25) is 0 Å². The van der Waals surface area contributed by atoms with Gasteiger partial charge in [0.2, 0.25) is 17.7 Å². The topological polar surface area (TPSA) is 135 Å². The van der Waals surface area contributed by atoms with Crippen LogP contribution in [0.3, 0.4) is 0 Å². The highest BCUT2D eigenvalue weighted by Crippen LogP contribution is 2.16. The van der Waals surface area contributed by atoms with Gasteiger partial charge in [0, 0.05) is 19.3 Å². The summed E-state index contributed by atoms with van der Waals surface area (Å²) in [5.41, 5.74) is 0.634. The predicted octanol–water partition coefficient (Wildman–Crippen LogP) is 2.58. The molecule has 35 heavy (non-hydrogen) atoms. The van der Waals surface area contributed by atoms with Crippen molar-refractivity contribution in [3.05, 3.63) is 29.8 Å². The molecular weight excluding hydrogens is 452 g/mol. The Morgan fingerprint density at radius 3 is 2.14 bits per heavy atom. The second-order valence-electron chi connectivity index (χ2n) is 9.72. The minimum absolute atomic E-state index is 0.104. The Kier molecular flexibility index (Phi) is 12.2. The van der Waals surface area contributed by atoms with E-state index in [0.29, 0.717) is 18.2 Å². The van der Waals surface area contributed by atoms with E-state index in [-0.39, 0.29) is 31.4 Å². The van der Waals surface area contributed by atoms with Crippen molar-refractivity contribution in [2.45, 2.75) is 66.2 Å². The van der Waals surface area contributed by atoms with E-state index in [1.165, 1.54) is 7.05 Å². The molecule has 0 fully saturated rings. The van der Waals surface area contributed by atoms with Crippen molar-refractivity contribution >= 4 is 29.5 Å². The van der Waals surface area contributed by atoms with E-state index in [1.807, 2.05) is 41.5 Å². The fourth-order valence-corrected chi connectivity index (χ4v) is 2.98. The third-order valence-corrected chi connectivity index (χ3v) is 4.89. The summed E-state index contributed by atoms with van der Waals surface area (Å²) in [4.78, 5) is 48.6. The first-order chi connectivity index (χ1) is 16.3. The van der Waals surface area contributed by atoms with E-state index < -0.39 is 29.6 Å². The summed E-state index contributed by atoms with van der Waals surface area (Å²) < 4.78 is 10.8. The molecule has 1 aromatic rings. The zero-order valence-electron chi connectivity index (χ0n) is 21.8. The smallest absolute Gasteiger partial charge is 0.407 e. The van der Waals surface area contributed by atoms with Crippen LogP contribution in [0, 0.1) is 11.8 Å². The third-order valence-electron chi connectivity index (χ3n) is 4.89. The van der Waals surface area contributed by atoms with Crippen LogP contribution in [0.25, 0.3) is 0 Å². The number of alkyl carbamates (subject to hydrolysis) is 1. The zero-order valence-corrected chi connectivity index (χ0v) is 21.8. The lowest BCUT2D eigenvalue weighted by Gasteiger charge is -2.28. The molecule has 4 N–H and O–H groups in total. The summed E-state index contributed by atoms with van der Waals surface area (Å²) >= 11 is 0. The second-order valence-corrected chi connectivity index (χ2v) is 9.72.